The molecular weight excluding hydrogens is 456 g/mol. The molecule has 0 radical (unpaired) electrons. The summed E-state index contributed by atoms with van der Waals surface area (Å²) in [7, 11) is 0. The molecule has 0 bridgehead atoms. The molecule has 0 aliphatic carbocycles. The Morgan fingerprint density at radius 2 is 1.57 bits per heavy atom. The number of ketones is 1. The summed E-state index contributed by atoms with van der Waals surface area (Å²) in [6.45, 7) is 1.44. The molecule has 152 valence electrons. The van der Waals surface area contributed by atoms with Crippen LogP contribution in [0.25, 0.3) is 0 Å². The number of hydrazine groups is 1. The summed E-state index contributed by atoms with van der Waals surface area (Å²) in [4.78, 5) is 42.3. The number of rotatable bonds is 7. The fourth-order valence-corrected chi connectivity index (χ4v) is 2.71. The molecule has 0 saturated carbocycles. The van der Waals surface area contributed by atoms with Crippen LogP contribution in [-0.2, 0) is 0 Å². The zero-order chi connectivity index (χ0) is 21.7. The predicted octanol–water partition coefficient (Wildman–Crippen LogP) is 3.85. The molecule has 11 heteroatoms. The van der Waals surface area contributed by atoms with Crippen LogP contribution in [0.1, 0.15) is 27.6 Å². The van der Waals surface area contributed by atoms with Crippen LogP contribution in [0.5, 0.6) is 0 Å². The van der Waals surface area contributed by atoms with Gasteiger partial charge in [-0.3, -0.25) is 30.6 Å². The van der Waals surface area contributed by atoms with E-state index in [1.54, 1.807) is 48.5 Å². The maximum absolute atomic E-state index is 12.2. The highest BCUT2D eigenvalue weighted by Gasteiger charge is 2.23. The maximum atomic E-state index is 12.2. The number of nitro groups is 1. The molecule has 0 saturated heterocycles. The van der Waals surface area contributed by atoms with Gasteiger partial charge in [-0.05, 0) is 55.5 Å². The first kappa shape index (κ1) is 20.9. The first-order chi connectivity index (χ1) is 14.3. The van der Waals surface area contributed by atoms with Gasteiger partial charge < -0.3 is 5.32 Å². The molecule has 0 fully saturated rings. The predicted molar refractivity (Wildman–Crippen MR) is 114 cm³/mol. The minimum absolute atomic E-state index is 0.0778. The lowest BCUT2D eigenvalue weighted by Gasteiger charge is -2.11. The zero-order valence-corrected chi connectivity index (χ0v) is 17.1. The lowest BCUT2D eigenvalue weighted by Crippen LogP contribution is -2.30. The number of benzene rings is 2. The maximum Gasteiger partial charge on any atom is 0.355 e. The Morgan fingerprint density at radius 3 is 2.17 bits per heavy atom. The number of carbonyl (C=O) groups is 2. The summed E-state index contributed by atoms with van der Waals surface area (Å²) in [6, 6.07) is 13.0. The van der Waals surface area contributed by atoms with Crippen molar-refractivity contribution in [3.63, 3.8) is 0 Å². The minimum atomic E-state index is -0.666. The monoisotopic (exact) mass is 470 g/mol. The Balaban J connectivity index is 1.80. The number of hydrogen-bond donors (Lipinski definition) is 3. The standard InChI is InChI=1S/C19H15BrN6O4/c1-11(27)12-4-8-15(9-5-12)23-17-16(26(29)30)18(22-10-21-17)24-25-19(28)13-2-6-14(20)7-3-13/h2-10H,1H3,(H,25,28)(H2,21,22,23,24). The van der Waals surface area contributed by atoms with Gasteiger partial charge >= 0.3 is 5.69 Å². The molecule has 1 amide bonds. The lowest BCUT2D eigenvalue weighted by atomic mass is 10.1. The van der Waals surface area contributed by atoms with Gasteiger partial charge in [0.1, 0.15) is 6.33 Å². The van der Waals surface area contributed by atoms with Gasteiger partial charge in [0.2, 0.25) is 11.6 Å². The van der Waals surface area contributed by atoms with Gasteiger partial charge in [0.25, 0.3) is 5.91 Å². The van der Waals surface area contributed by atoms with Crippen LogP contribution >= 0.6 is 15.9 Å². The number of carbonyl (C=O) groups excluding carboxylic acids is 2. The van der Waals surface area contributed by atoms with E-state index in [1.807, 2.05) is 0 Å². The van der Waals surface area contributed by atoms with E-state index in [0.717, 1.165) is 10.8 Å². The second-order valence-electron chi connectivity index (χ2n) is 6.02. The molecular formula is C19H15BrN6O4. The van der Waals surface area contributed by atoms with E-state index in [9.17, 15) is 19.7 Å². The Labute approximate surface area is 179 Å². The number of nitrogens with zero attached hydrogens (tertiary/aromatic N) is 3. The number of hydrogen-bond acceptors (Lipinski definition) is 8. The summed E-state index contributed by atoms with van der Waals surface area (Å²) in [5, 5.41) is 14.4. The lowest BCUT2D eigenvalue weighted by molar-refractivity contribution is -0.383. The normalized spacial score (nSPS) is 10.2. The van der Waals surface area contributed by atoms with Gasteiger partial charge in [0, 0.05) is 21.3 Å². The van der Waals surface area contributed by atoms with Gasteiger partial charge in [0.05, 0.1) is 4.92 Å². The van der Waals surface area contributed by atoms with Crippen LogP contribution in [0.4, 0.5) is 23.0 Å². The van der Waals surface area contributed by atoms with E-state index in [1.165, 1.54) is 6.92 Å². The van der Waals surface area contributed by atoms with E-state index in [2.05, 4.69) is 42.1 Å². The highest BCUT2D eigenvalue weighted by atomic mass is 79.9. The summed E-state index contributed by atoms with van der Waals surface area (Å²) >= 11 is 3.28. The third kappa shape index (κ3) is 4.94. The first-order valence-corrected chi connectivity index (χ1v) is 9.34. The second-order valence-corrected chi connectivity index (χ2v) is 6.94. The topological polar surface area (TPSA) is 139 Å². The van der Waals surface area contributed by atoms with Gasteiger partial charge in [-0.25, -0.2) is 9.97 Å². The van der Waals surface area contributed by atoms with Crippen molar-refractivity contribution >= 4 is 50.6 Å². The van der Waals surface area contributed by atoms with Gasteiger partial charge in [-0.1, -0.05) is 15.9 Å². The molecule has 0 spiro atoms. The van der Waals surface area contributed by atoms with Crippen molar-refractivity contribution in [3.05, 3.63) is 80.6 Å². The van der Waals surface area contributed by atoms with E-state index < -0.39 is 16.5 Å². The van der Waals surface area contributed by atoms with Crippen molar-refractivity contribution in [2.45, 2.75) is 6.92 Å². The Morgan fingerprint density at radius 1 is 0.967 bits per heavy atom. The SMILES string of the molecule is CC(=O)c1ccc(Nc2ncnc(NNC(=O)c3ccc(Br)cc3)c2[N+](=O)[O-])cc1. The van der Waals surface area contributed by atoms with Gasteiger partial charge in [-0.2, -0.15) is 0 Å². The number of anilines is 3. The number of nitrogens with one attached hydrogen (secondary N) is 3. The molecule has 1 heterocycles. The molecule has 1 aromatic heterocycles. The van der Waals surface area contributed by atoms with Crippen molar-refractivity contribution in [1.82, 2.24) is 15.4 Å². The number of amides is 1. The number of aromatic nitrogens is 2. The molecule has 3 aromatic rings. The third-order valence-corrected chi connectivity index (χ3v) is 4.49. The van der Waals surface area contributed by atoms with E-state index in [0.29, 0.717) is 16.8 Å². The summed E-state index contributed by atoms with van der Waals surface area (Å²) < 4.78 is 0.811. The van der Waals surface area contributed by atoms with Crippen LogP contribution in [-0.4, -0.2) is 26.6 Å². The van der Waals surface area contributed by atoms with Crippen LogP contribution in [0.2, 0.25) is 0 Å². The van der Waals surface area contributed by atoms with Crippen molar-refractivity contribution in [2.75, 3.05) is 10.7 Å². The average molecular weight is 471 g/mol. The summed E-state index contributed by atoms with van der Waals surface area (Å²) in [5.74, 6) is -0.860. The van der Waals surface area contributed by atoms with Gasteiger partial charge in [-0.15, -0.1) is 0 Å². The fourth-order valence-electron chi connectivity index (χ4n) is 2.45. The molecule has 2 aromatic carbocycles. The molecule has 3 N–H and O–H groups in total. The van der Waals surface area contributed by atoms with Crippen LogP contribution < -0.4 is 16.2 Å². The fraction of sp³-hybridized carbons (Fsp3) is 0.0526. The van der Waals surface area contributed by atoms with E-state index in [-0.39, 0.29) is 17.4 Å². The smallest absolute Gasteiger partial charge is 0.334 e. The Hall–Kier alpha value is -3.86. The van der Waals surface area contributed by atoms with Crippen molar-refractivity contribution in [2.24, 2.45) is 0 Å². The first-order valence-electron chi connectivity index (χ1n) is 8.54. The number of halogens is 1. The average Bonchev–Trinajstić information content (AvgIpc) is 2.72. The summed E-state index contributed by atoms with van der Waals surface area (Å²) in [5.41, 5.74) is 5.75. The van der Waals surface area contributed by atoms with E-state index in [4.69, 9.17) is 0 Å². The van der Waals surface area contributed by atoms with Crippen LogP contribution in [0, 0.1) is 10.1 Å². The molecule has 0 aliphatic heterocycles. The Bertz CT molecular complexity index is 1100. The molecule has 0 aliphatic rings. The quantitative estimate of drug-likeness (QED) is 0.268. The van der Waals surface area contributed by atoms with Crippen molar-refractivity contribution in [1.29, 1.82) is 0 Å². The van der Waals surface area contributed by atoms with Crippen molar-refractivity contribution < 1.29 is 14.5 Å². The van der Waals surface area contributed by atoms with Crippen LogP contribution in [0.3, 0.4) is 0 Å². The molecule has 10 nitrogen and oxygen atoms in total. The van der Waals surface area contributed by atoms with E-state index >= 15 is 0 Å². The van der Waals surface area contributed by atoms with Crippen LogP contribution in [0.15, 0.2) is 59.3 Å². The molecule has 3 rings (SSSR count). The highest BCUT2D eigenvalue weighted by molar-refractivity contribution is 9.10. The van der Waals surface area contributed by atoms with Crippen molar-refractivity contribution in [3.8, 4) is 0 Å². The zero-order valence-electron chi connectivity index (χ0n) is 15.5. The second kappa shape index (κ2) is 9.09. The highest BCUT2D eigenvalue weighted by Crippen LogP contribution is 2.30. The number of Topliss-reactive ketones (excluding diaryl/α,β-unsaturated/α-hetero) is 1. The Kier molecular flexibility index (Phi) is 6.32. The summed E-state index contributed by atoms with van der Waals surface area (Å²) in [6.07, 6.45) is 1.12. The molecule has 0 unspecified atom stereocenters. The largest absolute Gasteiger partial charge is 0.355 e. The van der Waals surface area contributed by atoms with Gasteiger partial charge in [0.15, 0.2) is 5.78 Å². The third-order valence-electron chi connectivity index (χ3n) is 3.96. The molecule has 0 atom stereocenters. The minimum Gasteiger partial charge on any atom is -0.334 e. The molecule has 30 heavy (non-hydrogen) atoms.